The van der Waals surface area contributed by atoms with Crippen LogP contribution in [0.3, 0.4) is 0 Å². The van der Waals surface area contributed by atoms with E-state index in [2.05, 4.69) is 11.6 Å². The Bertz CT molecular complexity index is 201. The molecule has 0 radical (unpaired) electrons. The van der Waals surface area contributed by atoms with Gasteiger partial charge in [0, 0.05) is 0 Å². The molecule has 0 unspecified atom stereocenters. The van der Waals surface area contributed by atoms with Crippen LogP contribution in [0.5, 0.6) is 0 Å². The second-order valence-electron chi connectivity index (χ2n) is 1.85. The fourth-order valence-corrected chi connectivity index (χ4v) is 0.547. The number of rotatable bonds is 0. The van der Waals surface area contributed by atoms with Gasteiger partial charge in [-0.15, -0.1) is 0 Å². The number of hydrogen-bond acceptors (Lipinski definition) is 2. The van der Waals surface area contributed by atoms with Gasteiger partial charge in [0.1, 0.15) is 6.61 Å². The molecule has 0 spiro atoms. The molecule has 1 aliphatic rings. The van der Waals surface area contributed by atoms with Crippen molar-refractivity contribution >= 4 is 6.40 Å². The van der Waals surface area contributed by atoms with E-state index in [4.69, 9.17) is 4.74 Å². The maximum absolute atomic E-state index is 4.95. The highest BCUT2D eigenvalue weighted by Crippen LogP contribution is 1.95. The van der Waals surface area contributed by atoms with E-state index in [0.29, 0.717) is 12.3 Å². The number of aliphatic imine (C=N–C) groups is 1. The lowest BCUT2D eigenvalue weighted by Crippen LogP contribution is -1.85. The molecular weight excluding hydrogens is 126 g/mol. The van der Waals surface area contributed by atoms with Crippen LogP contribution in [0.2, 0.25) is 0 Å². The maximum Gasteiger partial charge on any atom is 0.174 e. The molecule has 0 bridgehead atoms. The minimum atomic E-state index is 0.571. The van der Waals surface area contributed by atoms with Gasteiger partial charge < -0.3 is 4.74 Å². The maximum atomic E-state index is 4.95. The molecule has 2 nitrogen and oxygen atoms in total. The molecule has 1 heterocycles. The van der Waals surface area contributed by atoms with Crippen molar-refractivity contribution in [2.45, 2.75) is 0 Å². The zero-order valence-corrected chi connectivity index (χ0v) is 5.66. The standard InChI is InChI=1S/C8H9NO/c1-8-5-3-2-4-6-10-7-9-8/h2-5,7H,1,6H2/b4-2-,5-3-,9-7-. The predicted octanol–water partition coefficient (Wildman–Crippen LogP) is 1.67. The first-order valence-corrected chi connectivity index (χ1v) is 3.06. The van der Waals surface area contributed by atoms with E-state index in [0.717, 1.165) is 0 Å². The van der Waals surface area contributed by atoms with Gasteiger partial charge in [0.15, 0.2) is 6.40 Å². The molecule has 0 aromatic rings. The fourth-order valence-electron chi connectivity index (χ4n) is 0.547. The summed E-state index contributed by atoms with van der Waals surface area (Å²) >= 11 is 0. The number of nitrogens with zero attached hydrogens (tertiary/aromatic N) is 1. The summed E-state index contributed by atoms with van der Waals surface area (Å²) in [6.45, 7) is 4.23. The fraction of sp³-hybridized carbons (Fsp3) is 0.125. The van der Waals surface area contributed by atoms with Gasteiger partial charge in [0.2, 0.25) is 0 Å². The van der Waals surface area contributed by atoms with E-state index in [-0.39, 0.29) is 0 Å². The lowest BCUT2D eigenvalue weighted by molar-refractivity contribution is 0.367. The third-order valence-corrected chi connectivity index (χ3v) is 1.02. The largest absolute Gasteiger partial charge is 0.479 e. The van der Waals surface area contributed by atoms with Crippen LogP contribution in [0.15, 0.2) is 41.6 Å². The molecule has 0 atom stereocenters. The zero-order valence-electron chi connectivity index (χ0n) is 5.66. The van der Waals surface area contributed by atoms with Crippen LogP contribution in [0.1, 0.15) is 0 Å². The first-order chi connectivity index (χ1) is 4.89. The Balaban J connectivity index is 2.64. The topological polar surface area (TPSA) is 21.6 Å². The lowest BCUT2D eigenvalue weighted by Gasteiger charge is -1.90. The average Bonchev–Trinajstić information content (AvgIpc) is 2.02. The molecule has 10 heavy (non-hydrogen) atoms. The van der Waals surface area contributed by atoms with E-state index in [1.54, 1.807) is 0 Å². The minimum Gasteiger partial charge on any atom is -0.479 e. The molecule has 1 rings (SSSR count). The summed E-state index contributed by atoms with van der Waals surface area (Å²) in [6, 6.07) is 0. The van der Waals surface area contributed by atoms with E-state index in [9.17, 15) is 0 Å². The van der Waals surface area contributed by atoms with Crippen LogP contribution in [0.4, 0.5) is 0 Å². The van der Waals surface area contributed by atoms with Crippen molar-refractivity contribution in [1.29, 1.82) is 0 Å². The zero-order chi connectivity index (χ0) is 7.23. The minimum absolute atomic E-state index is 0.571. The molecule has 2 heteroatoms. The van der Waals surface area contributed by atoms with Crippen molar-refractivity contribution in [3.8, 4) is 0 Å². The Hall–Kier alpha value is -1.31. The summed E-state index contributed by atoms with van der Waals surface area (Å²) in [7, 11) is 0. The summed E-state index contributed by atoms with van der Waals surface area (Å²) in [5.41, 5.74) is 0.701. The third kappa shape index (κ3) is 2.31. The normalized spacial score (nSPS) is 27.0. The van der Waals surface area contributed by atoms with Gasteiger partial charge in [-0.25, -0.2) is 4.99 Å². The van der Waals surface area contributed by atoms with Gasteiger partial charge >= 0.3 is 0 Å². The molecule has 0 N–H and O–H groups in total. The van der Waals surface area contributed by atoms with Crippen LogP contribution in [0, 0.1) is 0 Å². The predicted molar refractivity (Wildman–Crippen MR) is 41.9 cm³/mol. The second-order valence-corrected chi connectivity index (χ2v) is 1.85. The SMILES string of the molecule is C=C1/C=C\C=C/CO/C=N\1. The van der Waals surface area contributed by atoms with Crippen LogP contribution in [-0.4, -0.2) is 13.0 Å². The van der Waals surface area contributed by atoms with Crippen molar-refractivity contribution in [2.24, 2.45) is 4.99 Å². The molecule has 0 saturated carbocycles. The van der Waals surface area contributed by atoms with Crippen molar-refractivity contribution in [1.82, 2.24) is 0 Å². The number of allylic oxidation sites excluding steroid dienone is 3. The summed E-state index contributed by atoms with van der Waals surface area (Å²) in [5.74, 6) is 0. The molecule has 0 aromatic heterocycles. The monoisotopic (exact) mass is 135 g/mol. The highest BCUT2D eigenvalue weighted by Gasteiger charge is 1.82. The van der Waals surface area contributed by atoms with Crippen LogP contribution >= 0.6 is 0 Å². The molecule has 0 saturated heterocycles. The van der Waals surface area contributed by atoms with Crippen LogP contribution in [0.25, 0.3) is 0 Å². The van der Waals surface area contributed by atoms with Crippen LogP contribution in [-0.2, 0) is 4.74 Å². The van der Waals surface area contributed by atoms with Crippen molar-refractivity contribution in [2.75, 3.05) is 6.61 Å². The summed E-state index contributed by atoms with van der Waals surface area (Å²) in [4.78, 5) is 3.88. The highest BCUT2D eigenvalue weighted by atomic mass is 16.5. The van der Waals surface area contributed by atoms with Crippen molar-refractivity contribution < 1.29 is 4.74 Å². The molecule has 52 valence electrons. The van der Waals surface area contributed by atoms with E-state index >= 15 is 0 Å². The first kappa shape index (κ1) is 6.81. The van der Waals surface area contributed by atoms with Gasteiger partial charge in [0.25, 0.3) is 0 Å². The number of hydrogen-bond donors (Lipinski definition) is 0. The van der Waals surface area contributed by atoms with Gasteiger partial charge in [0.05, 0.1) is 5.70 Å². The van der Waals surface area contributed by atoms with Crippen molar-refractivity contribution in [3.05, 3.63) is 36.6 Å². The second kappa shape index (κ2) is 3.67. The molecular formula is C8H9NO. The molecule has 0 aromatic carbocycles. The van der Waals surface area contributed by atoms with Gasteiger partial charge in [-0.2, -0.15) is 0 Å². The smallest absolute Gasteiger partial charge is 0.174 e. The Morgan fingerprint density at radius 2 is 2.40 bits per heavy atom. The molecule has 0 fully saturated rings. The van der Waals surface area contributed by atoms with Crippen molar-refractivity contribution in [3.63, 3.8) is 0 Å². The average molecular weight is 135 g/mol. The molecule has 1 aliphatic heterocycles. The Labute approximate surface area is 60.2 Å². The van der Waals surface area contributed by atoms with E-state index < -0.39 is 0 Å². The number of ether oxygens (including phenoxy) is 1. The molecule has 0 amide bonds. The molecule has 0 aliphatic carbocycles. The van der Waals surface area contributed by atoms with Gasteiger partial charge in [-0.05, 0) is 12.2 Å². The lowest BCUT2D eigenvalue weighted by atomic mass is 10.4. The van der Waals surface area contributed by atoms with Crippen LogP contribution < -0.4 is 0 Å². The van der Waals surface area contributed by atoms with Gasteiger partial charge in [-0.3, -0.25) is 0 Å². The summed E-state index contributed by atoms with van der Waals surface area (Å²) in [6.07, 6.45) is 8.92. The quantitative estimate of drug-likeness (QED) is 0.495. The Morgan fingerprint density at radius 1 is 1.50 bits per heavy atom. The Morgan fingerprint density at radius 3 is 3.30 bits per heavy atom. The third-order valence-electron chi connectivity index (χ3n) is 1.02. The summed E-state index contributed by atoms with van der Waals surface area (Å²) < 4.78 is 4.95. The van der Waals surface area contributed by atoms with E-state index in [1.807, 2.05) is 24.3 Å². The summed E-state index contributed by atoms with van der Waals surface area (Å²) in [5, 5.41) is 0. The Kier molecular flexibility index (Phi) is 2.49. The first-order valence-electron chi connectivity index (χ1n) is 3.06. The van der Waals surface area contributed by atoms with E-state index in [1.165, 1.54) is 6.40 Å². The van der Waals surface area contributed by atoms with Gasteiger partial charge in [-0.1, -0.05) is 18.7 Å². The highest BCUT2D eigenvalue weighted by molar-refractivity contribution is 5.50.